The van der Waals surface area contributed by atoms with Gasteiger partial charge >= 0.3 is 0 Å². The molecule has 35 heavy (non-hydrogen) atoms. The van der Waals surface area contributed by atoms with E-state index < -0.39 is 23.2 Å². The minimum atomic E-state index is -0.806. The Hall–Kier alpha value is -2.74. The lowest BCUT2D eigenvalue weighted by Crippen LogP contribution is -2.63. The van der Waals surface area contributed by atoms with Gasteiger partial charge in [0.15, 0.2) is 0 Å². The van der Waals surface area contributed by atoms with E-state index >= 15 is 0 Å². The molecule has 2 saturated heterocycles. The largest absolute Gasteiger partial charge is 0.339 e. The highest BCUT2D eigenvalue weighted by atomic mass is 19.1. The van der Waals surface area contributed by atoms with Crippen molar-refractivity contribution in [2.75, 3.05) is 26.2 Å². The third kappa shape index (κ3) is 5.13. The number of hydrogen-bond donors (Lipinski definition) is 0. The van der Waals surface area contributed by atoms with E-state index in [9.17, 15) is 18.0 Å². The van der Waals surface area contributed by atoms with Crippen molar-refractivity contribution in [1.29, 1.82) is 0 Å². The van der Waals surface area contributed by atoms with Crippen LogP contribution in [0.4, 0.5) is 13.2 Å². The number of azo groups is 1. The van der Waals surface area contributed by atoms with Crippen molar-refractivity contribution in [2.45, 2.75) is 52.2 Å². The quantitative estimate of drug-likeness (QED) is 0.533. The number of allylic oxidation sites excluding steroid dienone is 2. The summed E-state index contributed by atoms with van der Waals surface area (Å²) in [7, 11) is 0. The van der Waals surface area contributed by atoms with Crippen molar-refractivity contribution < 1.29 is 18.0 Å². The second kappa shape index (κ2) is 10.1. The average molecular weight is 487 g/mol. The number of carbonyl (C=O) groups excluding carboxylic acids is 1. The highest BCUT2D eigenvalue weighted by molar-refractivity contribution is 5.86. The van der Waals surface area contributed by atoms with E-state index in [4.69, 9.17) is 0 Å². The van der Waals surface area contributed by atoms with Crippen molar-refractivity contribution in [3.63, 3.8) is 0 Å². The summed E-state index contributed by atoms with van der Waals surface area (Å²) in [6.07, 6.45) is 4.08. The monoisotopic (exact) mass is 486 g/mol. The average Bonchev–Trinajstić information content (AvgIpc) is 3.20. The molecule has 0 aromatic heterocycles. The van der Waals surface area contributed by atoms with Crippen LogP contribution < -0.4 is 0 Å². The molecular weight excluding hydrogens is 453 g/mol. The number of halogens is 3. The van der Waals surface area contributed by atoms with Crippen LogP contribution in [-0.4, -0.2) is 54.1 Å². The van der Waals surface area contributed by atoms with E-state index in [1.165, 1.54) is 24.4 Å². The number of alkyl halides is 1. The summed E-state index contributed by atoms with van der Waals surface area (Å²) < 4.78 is 42.5. The zero-order valence-corrected chi connectivity index (χ0v) is 20.6. The highest BCUT2D eigenvalue weighted by Crippen LogP contribution is 2.39. The number of nitrogens with zero attached hydrogens (tertiary/aromatic N) is 4. The van der Waals surface area contributed by atoms with Crippen molar-refractivity contribution in [3.05, 3.63) is 65.4 Å². The maximum Gasteiger partial charge on any atom is 0.232 e. The highest BCUT2D eigenvalue weighted by Gasteiger charge is 2.45. The molecule has 3 aliphatic heterocycles. The van der Waals surface area contributed by atoms with Crippen molar-refractivity contribution in [3.8, 4) is 0 Å². The topological polar surface area (TPSA) is 48.3 Å². The lowest BCUT2D eigenvalue weighted by molar-refractivity contribution is -0.147. The fraction of sp³-hybridized carbons (Fsp3) is 0.519. The minimum absolute atomic E-state index is 0.0130. The molecule has 3 aliphatic rings. The molecule has 0 unspecified atom stereocenters. The first kappa shape index (κ1) is 25.4. The molecule has 0 N–H and O–H groups in total. The summed E-state index contributed by atoms with van der Waals surface area (Å²) >= 11 is 0. The Bertz CT molecular complexity index is 1070. The number of amides is 1. The van der Waals surface area contributed by atoms with Crippen molar-refractivity contribution in [1.82, 2.24) is 9.80 Å². The fourth-order valence-corrected chi connectivity index (χ4v) is 4.97. The van der Waals surface area contributed by atoms with Gasteiger partial charge in [0.25, 0.3) is 0 Å². The molecule has 188 valence electrons. The number of hydrogen-bond acceptors (Lipinski definition) is 4. The SMILES string of the molecule is C=C1\C=C(c2c(F)cccc2F)/N=N/C=C(\C)[C@](C)(C(=O)N2CC(N3CC[C@H](F)C3)C2)CC[C@@H]1C. The molecule has 0 radical (unpaired) electrons. The molecule has 1 aromatic carbocycles. The van der Waals surface area contributed by atoms with Crippen LogP contribution >= 0.6 is 0 Å². The Kier molecular flexibility index (Phi) is 7.31. The summed E-state index contributed by atoms with van der Waals surface area (Å²) in [5.74, 6) is -1.48. The molecule has 2 fully saturated rings. The first-order valence-corrected chi connectivity index (χ1v) is 12.2. The third-order valence-corrected chi connectivity index (χ3v) is 7.84. The minimum Gasteiger partial charge on any atom is -0.339 e. The number of carbonyl (C=O) groups is 1. The maximum absolute atomic E-state index is 14.5. The first-order valence-electron chi connectivity index (χ1n) is 12.2. The standard InChI is InChI=1S/C27H33F3N4O/c1-17-8-10-27(4,26(35)34-15-21(16-34)33-11-9-20(28)14-33)19(3)13-31-32-24(12-18(17)2)25-22(29)6-5-7-23(25)30/h5-7,12-13,17,20-21H,2,8-11,14-16H2,1,3-4H3/b19-13+,24-12-,32-31+/t17-,20-,27+/m0/s1. The predicted molar refractivity (Wildman–Crippen MR) is 130 cm³/mol. The summed E-state index contributed by atoms with van der Waals surface area (Å²) in [5.41, 5.74) is 0.388. The first-order chi connectivity index (χ1) is 16.6. The summed E-state index contributed by atoms with van der Waals surface area (Å²) in [6, 6.07) is 3.87. The zero-order valence-electron chi connectivity index (χ0n) is 20.6. The molecule has 5 nitrogen and oxygen atoms in total. The van der Waals surface area contributed by atoms with Gasteiger partial charge in [-0.15, -0.1) is 0 Å². The van der Waals surface area contributed by atoms with Gasteiger partial charge in [-0.25, -0.2) is 13.2 Å². The van der Waals surface area contributed by atoms with Gasteiger partial charge in [-0.1, -0.05) is 25.1 Å². The van der Waals surface area contributed by atoms with E-state index in [1.807, 2.05) is 25.7 Å². The summed E-state index contributed by atoms with van der Waals surface area (Å²) in [4.78, 5) is 17.6. The van der Waals surface area contributed by atoms with E-state index in [1.54, 1.807) is 6.08 Å². The van der Waals surface area contributed by atoms with Gasteiger partial charge in [-0.05, 0) is 62.8 Å². The Morgan fingerprint density at radius 3 is 2.49 bits per heavy atom. The smallest absolute Gasteiger partial charge is 0.232 e. The van der Waals surface area contributed by atoms with Crippen LogP contribution in [0.3, 0.4) is 0 Å². The van der Waals surface area contributed by atoms with Gasteiger partial charge in [-0.3, -0.25) is 9.69 Å². The Morgan fingerprint density at radius 2 is 1.86 bits per heavy atom. The van der Waals surface area contributed by atoms with Crippen LogP contribution in [0.2, 0.25) is 0 Å². The number of rotatable bonds is 3. The van der Waals surface area contributed by atoms with E-state index in [2.05, 4.69) is 21.7 Å². The molecule has 1 aromatic rings. The molecule has 4 rings (SSSR count). The van der Waals surface area contributed by atoms with Gasteiger partial charge in [0.2, 0.25) is 5.91 Å². The lowest BCUT2D eigenvalue weighted by Gasteiger charge is -2.47. The molecule has 0 bridgehead atoms. The molecule has 1 amide bonds. The van der Waals surface area contributed by atoms with Crippen LogP contribution in [0.5, 0.6) is 0 Å². The predicted octanol–water partition coefficient (Wildman–Crippen LogP) is 5.91. The maximum atomic E-state index is 14.5. The molecule has 0 saturated carbocycles. The number of benzene rings is 1. The van der Waals surface area contributed by atoms with E-state index in [-0.39, 0.29) is 29.1 Å². The van der Waals surface area contributed by atoms with Gasteiger partial charge in [0, 0.05) is 38.4 Å². The van der Waals surface area contributed by atoms with Crippen LogP contribution in [0.1, 0.15) is 45.6 Å². The second-order valence-electron chi connectivity index (χ2n) is 10.2. The molecule has 0 spiro atoms. The summed E-state index contributed by atoms with van der Waals surface area (Å²) in [5, 5.41) is 8.25. The molecule has 0 aliphatic carbocycles. The Morgan fingerprint density at radius 1 is 1.17 bits per heavy atom. The molecule has 3 heterocycles. The van der Waals surface area contributed by atoms with Crippen molar-refractivity contribution in [2.24, 2.45) is 21.6 Å². The molecule has 3 atom stereocenters. The lowest BCUT2D eigenvalue weighted by atomic mass is 9.75. The van der Waals surface area contributed by atoms with Crippen LogP contribution in [0.15, 0.2) is 58.4 Å². The normalized spacial score (nSPS) is 32.7. The molecule has 8 heteroatoms. The second-order valence-corrected chi connectivity index (χ2v) is 10.2. The van der Waals surface area contributed by atoms with Crippen LogP contribution in [0.25, 0.3) is 5.70 Å². The van der Waals surface area contributed by atoms with Gasteiger partial charge < -0.3 is 4.90 Å². The van der Waals surface area contributed by atoms with Gasteiger partial charge in [-0.2, -0.15) is 10.2 Å². The van der Waals surface area contributed by atoms with Crippen molar-refractivity contribution >= 4 is 11.6 Å². The van der Waals surface area contributed by atoms with Gasteiger partial charge in [0.1, 0.15) is 17.8 Å². The summed E-state index contributed by atoms with van der Waals surface area (Å²) in [6.45, 7) is 12.2. The van der Waals surface area contributed by atoms with Gasteiger partial charge in [0.05, 0.1) is 16.7 Å². The Labute approximate surface area is 205 Å². The third-order valence-electron chi connectivity index (χ3n) is 7.84. The van der Waals surface area contributed by atoms with E-state index in [0.29, 0.717) is 44.5 Å². The fourth-order valence-electron chi connectivity index (χ4n) is 4.97. The van der Waals surface area contributed by atoms with Crippen LogP contribution in [0, 0.1) is 23.0 Å². The van der Waals surface area contributed by atoms with Crippen LogP contribution in [-0.2, 0) is 4.79 Å². The Balaban J connectivity index is 1.58. The zero-order chi connectivity index (χ0) is 25.3. The molecular formula is C27H33F3N4O. The van der Waals surface area contributed by atoms with E-state index in [0.717, 1.165) is 12.1 Å². The number of likely N-dealkylation sites (tertiary alicyclic amines) is 2.